The molecule has 2 rings (SSSR count). The third-order valence-corrected chi connectivity index (χ3v) is 3.48. The average molecular weight is 262 g/mol. The number of carbonyl (C=O) groups excluding carboxylic acids is 1. The van der Waals surface area contributed by atoms with E-state index < -0.39 is 12.0 Å². The highest BCUT2D eigenvalue weighted by Crippen LogP contribution is 2.12. The second kappa shape index (κ2) is 5.84. The van der Waals surface area contributed by atoms with Gasteiger partial charge in [0.25, 0.3) is 0 Å². The number of nitrogens with zero attached hydrogens (tertiary/aromatic N) is 1. The Bertz CT molecular complexity index is 461. The van der Waals surface area contributed by atoms with Crippen molar-refractivity contribution in [3.05, 3.63) is 35.9 Å². The number of hydrogen-bond acceptors (Lipinski definition) is 3. The van der Waals surface area contributed by atoms with Crippen LogP contribution in [-0.2, 0) is 16.0 Å². The summed E-state index contributed by atoms with van der Waals surface area (Å²) in [5.41, 5.74) is 0.949. The maximum atomic E-state index is 12.3. The molecule has 1 aliphatic heterocycles. The minimum absolute atomic E-state index is 0.0218. The van der Waals surface area contributed by atoms with Crippen LogP contribution in [0.3, 0.4) is 0 Å². The van der Waals surface area contributed by atoms with Crippen molar-refractivity contribution in [2.75, 3.05) is 13.1 Å². The molecule has 5 heteroatoms. The van der Waals surface area contributed by atoms with Gasteiger partial charge in [0.15, 0.2) is 0 Å². The average Bonchev–Trinajstić information content (AvgIpc) is 2.39. The van der Waals surface area contributed by atoms with Crippen LogP contribution in [0.25, 0.3) is 0 Å². The summed E-state index contributed by atoms with van der Waals surface area (Å²) in [5, 5.41) is 12.0. The molecule has 0 radical (unpaired) electrons. The zero-order chi connectivity index (χ0) is 13.8. The number of carbonyl (C=O) groups is 2. The molecule has 2 atom stereocenters. The molecule has 1 amide bonds. The highest BCUT2D eigenvalue weighted by atomic mass is 16.4. The van der Waals surface area contributed by atoms with Gasteiger partial charge in [-0.15, -0.1) is 0 Å². The monoisotopic (exact) mass is 262 g/mol. The molecule has 0 aromatic heterocycles. The van der Waals surface area contributed by atoms with Crippen molar-refractivity contribution in [3.8, 4) is 0 Å². The molecule has 0 saturated carbocycles. The first kappa shape index (κ1) is 13.5. The number of aliphatic carboxylic acids is 1. The minimum atomic E-state index is -0.912. The lowest BCUT2D eigenvalue weighted by atomic mass is 10.0. The molecule has 19 heavy (non-hydrogen) atoms. The molecule has 1 aromatic carbocycles. The third kappa shape index (κ3) is 3.12. The summed E-state index contributed by atoms with van der Waals surface area (Å²) in [6.07, 6.45) is 0.317. The van der Waals surface area contributed by atoms with E-state index >= 15 is 0 Å². The van der Waals surface area contributed by atoms with Crippen LogP contribution in [-0.4, -0.2) is 47.1 Å². The fourth-order valence-corrected chi connectivity index (χ4v) is 2.41. The van der Waals surface area contributed by atoms with Gasteiger partial charge in [0.2, 0.25) is 5.91 Å². The van der Waals surface area contributed by atoms with E-state index in [1.54, 1.807) is 11.8 Å². The van der Waals surface area contributed by atoms with Crippen molar-refractivity contribution in [1.29, 1.82) is 0 Å². The standard InChI is InChI=1S/C14H18N2O3/c1-10-13(14(18)19)15-7-8-16(10)12(17)9-11-5-3-2-4-6-11/h2-6,10,13,15H,7-9H2,1H3,(H,18,19). The number of hydrogen-bond donors (Lipinski definition) is 2. The van der Waals surface area contributed by atoms with Gasteiger partial charge in [-0.3, -0.25) is 9.59 Å². The van der Waals surface area contributed by atoms with Crippen molar-refractivity contribution in [1.82, 2.24) is 10.2 Å². The highest BCUT2D eigenvalue weighted by Gasteiger charge is 2.34. The number of amides is 1. The molecule has 1 fully saturated rings. The van der Waals surface area contributed by atoms with Gasteiger partial charge in [0.1, 0.15) is 6.04 Å². The van der Waals surface area contributed by atoms with Gasteiger partial charge < -0.3 is 15.3 Å². The lowest BCUT2D eigenvalue weighted by Crippen LogP contribution is -2.61. The minimum Gasteiger partial charge on any atom is -0.480 e. The molecule has 2 N–H and O–H groups in total. The van der Waals surface area contributed by atoms with Gasteiger partial charge >= 0.3 is 5.97 Å². The second-order valence-electron chi connectivity index (χ2n) is 4.76. The van der Waals surface area contributed by atoms with Crippen LogP contribution < -0.4 is 5.32 Å². The van der Waals surface area contributed by atoms with Crippen LogP contribution in [0.1, 0.15) is 12.5 Å². The van der Waals surface area contributed by atoms with Crippen LogP contribution in [0.5, 0.6) is 0 Å². The summed E-state index contributed by atoms with van der Waals surface area (Å²) in [6.45, 7) is 2.84. The molecular formula is C14H18N2O3. The zero-order valence-electron chi connectivity index (χ0n) is 10.9. The van der Waals surface area contributed by atoms with Crippen LogP contribution in [0.2, 0.25) is 0 Å². The number of rotatable bonds is 3. The topological polar surface area (TPSA) is 69.6 Å². The van der Waals surface area contributed by atoms with E-state index in [4.69, 9.17) is 5.11 Å². The maximum Gasteiger partial charge on any atom is 0.322 e. The molecular weight excluding hydrogens is 244 g/mol. The predicted octanol–water partition coefficient (Wildman–Crippen LogP) is 0.503. The molecule has 1 saturated heterocycles. The summed E-state index contributed by atoms with van der Waals surface area (Å²) >= 11 is 0. The first-order chi connectivity index (χ1) is 9.09. The number of carboxylic acid groups (broad SMARTS) is 1. The maximum absolute atomic E-state index is 12.3. The predicted molar refractivity (Wildman–Crippen MR) is 70.7 cm³/mol. The van der Waals surface area contributed by atoms with Crippen LogP contribution >= 0.6 is 0 Å². The Morgan fingerprint density at radius 2 is 2.05 bits per heavy atom. The van der Waals surface area contributed by atoms with Crippen molar-refractivity contribution in [2.24, 2.45) is 0 Å². The Labute approximate surface area is 112 Å². The van der Waals surface area contributed by atoms with Gasteiger partial charge in [-0.05, 0) is 12.5 Å². The quantitative estimate of drug-likeness (QED) is 0.832. The van der Waals surface area contributed by atoms with E-state index in [2.05, 4.69) is 5.32 Å². The van der Waals surface area contributed by atoms with Gasteiger partial charge in [0, 0.05) is 13.1 Å². The first-order valence-electron chi connectivity index (χ1n) is 6.39. The van der Waals surface area contributed by atoms with Gasteiger partial charge in [-0.25, -0.2) is 0 Å². The molecule has 0 bridgehead atoms. The molecule has 1 aromatic rings. The normalized spacial score (nSPS) is 23.1. The van der Waals surface area contributed by atoms with E-state index in [1.807, 2.05) is 30.3 Å². The van der Waals surface area contributed by atoms with E-state index in [0.717, 1.165) is 5.56 Å². The number of piperazine rings is 1. The molecule has 0 aliphatic carbocycles. The molecule has 2 unspecified atom stereocenters. The highest BCUT2D eigenvalue weighted by molar-refractivity contribution is 5.81. The van der Waals surface area contributed by atoms with E-state index in [-0.39, 0.29) is 11.9 Å². The van der Waals surface area contributed by atoms with Crippen molar-refractivity contribution in [3.63, 3.8) is 0 Å². The molecule has 5 nitrogen and oxygen atoms in total. The second-order valence-corrected chi connectivity index (χ2v) is 4.76. The Morgan fingerprint density at radius 3 is 2.68 bits per heavy atom. The Morgan fingerprint density at radius 1 is 1.37 bits per heavy atom. The Kier molecular flexibility index (Phi) is 4.16. The van der Waals surface area contributed by atoms with Crippen molar-refractivity contribution >= 4 is 11.9 Å². The number of benzene rings is 1. The lowest BCUT2D eigenvalue weighted by molar-refractivity contribution is -0.145. The third-order valence-electron chi connectivity index (χ3n) is 3.48. The molecule has 0 spiro atoms. The van der Waals surface area contributed by atoms with Crippen LogP contribution in [0.4, 0.5) is 0 Å². The molecule has 1 aliphatic rings. The fraction of sp³-hybridized carbons (Fsp3) is 0.429. The van der Waals surface area contributed by atoms with E-state index in [1.165, 1.54) is 0 Å². The summed E-state index contributed by atoms with van der Waals surface area (Å²) in [4.78, 5) is 25.0. The number of nitrogens with one attached hydrogen (secondary N) is 1. The number of carboxylic acids is 1. The van der Waals surface area contributed by atoms with Gasteiger partial charge in [0.05, 0.1) is 12.5 Å². The molecule has 1 heterocycles. The van der Waals surface area contributed by atoms with E-state index in [0.29, 0.717) is 19.5 Å². The molecule has 102 valence electrons. The summed E-state index contributed by atoms with van der Waals surface area (Å²) in [7, 11) is 0. The first-order valence-corrected chi connectivity index (χ1v) is 6.39. The largest absolute Gasteiger partial charge is 0.480 e. The summed E-state index contributed by atoms with van der Waals surface area (Å²) in [6, 6.07) is 8.48. The van der Waals surface area contributed by atoms with Crippen LogP contribution in [0, 0.1) is 0 Å². The van der Waals surface area contributed by atoms with Crippen LogP contribution in [0.15, 0.2) is 30.3 Å². The Hall–Kier alpha value is -1.88. The summed E-state index contributed by atoms with van der Waals surface area (Å²) < 4.78 is 0. The van der Waals surface area contributed by atoms with E-state index in [9.17, 15) is 9.59 Å². The summed E-state index contributed by atoms with van der Waals surface area (Å²) in [5.74, 6) is -0.934. The zero-order valence-corrected chi connectivity index (χ0v) is 10.9. The fourth-order valence-electron chi connectivity index (χ4n) is 2.41. The SMILES string of the molecule is CC1C(C(=O)O)NCCN1C(=O)Cc1ccccc1. The van der Waals surface area contributed by atoms with Gasteiger partial charge in [-0.2, -0.15) is 0 Å². The van der Waals surface area contributed by atoms with Crippen molar-refractivity contribution in [2.45, 2.75) is 25.4 Å². The Balaban J connectivity index is 2.04. The van der Waals surface area contributed by atoms with Gasteiger partial charge in [-0.1, -0.05) is 30.3 Å². The van der Waals surface area contributed by atoms with Crippen molar-refractivity contribution < 1.29 is 14.7 Å². The smallest absolute Gasteiger partial charge is 0.322 e. The lowest BCUT2D eigenvalue weighted by Gasteiger charge is -2.38.